The summed E-state index contributed by atoms with van der Waals surface area (Å²) in [6.07, 6.45) is 1.76. The van der Waals surface area contributed by atoms with E-state index in [1.807, 2.05) is 19.1 Å². The van der Waals surface area contributed by atoms with E-state index in [9.17, 15) is 0 Å². The van der Waals surface area contributed by atoms with Gasteiger partial charge in [-0.3, -0.25) is 0 Å². The summed E-state index contributed by atoms with van der Waals surface area (Å²) >= 11 is 16.9. The Labute approximate surface area is 122 Å². The highest BCUT2D eigenvalue weighted by Crippen LogP contribution is 2.31. The summed E-state index contributed by atoms with van der Waals surface area (Å²) in [4.78, 5) is 5.06. The van der Waals surface area contributed by atoms with Crippen LogP contribution in [-0.4, -0.2) is 4.98 Å². The summed E-state index contributed by atoms with van der Waals surface area (Å²) < 4.78 is 1.56. The van der Waals surface area contributed by atoms with Crippen LogP contribution in [0.25, 0.3) is 0 Å². The lowest BCUT2D eigenvalue weighted by Gasteiger charge is -2.10. The highest BCUT2D eigenvalue weighted by Gasteiger charge is 2.07. The van der Waals surface area contributed by atoms with E-state index in [1.54, 1.807) is 6.20 Å². The largest absolute Gasteiger partial charge is 0.379 e. The Hall–Kier alpha value is -0.290. The van der Waals surface area contributed by atoms with Gasteiger partial charge in [0.25, 0.3) is 0 Å². The Bertz CT molecular complexity index is 542. The van der Waals surface area contributed by atoms with E-state index >= 15 is 0 Å². The van der Waals surface area contributed by atoms with E-state index in [-0.39, 0.29) is 0 Å². The molecule has 90 valence electrons. The van der Waals surface area contributed by atoms with E-state index < -0.39 is 0 Å². The Kier molecular flexibility index (Phi) is 4.31. The van der Waals surface area contributed by atoms with Crippen molar-refractivity contribution in [3.63, 3.8) is 0 Å². The van der Waals surface area contributed by atoms with Crippen molar-refractivity contribution >= 4 is 56.2 Å². The van der Waals surface area contributed by atoms with Crippen molar-refractivity contribution in [2.45, 2.75) is 13.5 Å². The molecule has 0 unspecified atom stereocenters. The fourth-order valence-electron chi connectivity index (χ4n) is 1.35. The molecule has 2 nitrogen and oxygen atoms in total. The first-order chi connectivity index (χ1) is 8.08. The molecule has 0 fully saturated rings. The normalized spacial score (nSPS) is 10.6. The molecular weight excluding hydrogens is 343 g/mol. The second-order valence-electron chi connectivity index (χ2n) is 3.47. The van der Waals surface area contributed by atoms with Gasteiger partial charge in [0.15, 0.2) is 4.47 Å². The first-order valence-electron chi connectivity index (χ1n) is 4.86. The van der Waals surface area contributed by atoms with Gasteiger partial charge in [0.2, 0.25) is 0 Å². The molecule has 0 aliphatic heterocycles. The summed E-state index contributed by atoms with van der Waals surface area (Å²) in [7, 11) is 0. The van der Waals surface area contributed by atoms with Crippen molar-refractivity contribution in [1.82, 2.24) is 4.98 Å². The van der Waals surface area contributed by atoms with Crippen LogP contribution in [0.1, 0.15) is 10.4 Å². The Morgan fingerprint density at radius 2 is 2.18 bits per heavy atom. The molecule has 0 bridgehead atoms. The second-order valence-corrected chi connectivity index (χ2v) is 6.40. The minimum absolute atomic E-state index is 0.555. The van der Waals surface area contributed by atoms with Crippen molar-refractivity contribution < 1.29 is 0 Å². The lowest BCUT2D eigenvalue weighted by molar-refractivity contribution is 1.17. The predicted octanol–water partition coefficient (Wildman–Crippen LogP) is 5.13. The number of hydrogen-bond acceptors (Lipinski definition) is 3. The second kappa shape index (κ2) is 5.57. The minimum Gasteiger partial charge on any atom is -0.379 e. The molecule has 1 N–H and O–H groups in total. The van der Waals surface area contributed by atoms with E-state index in [0.29, 0.717) is 11.0 Å². The number of hydrogen-bond donors (Lipinski definition) is 1. The standard InChI is InChI=1S/C11H9BrCl2N2S/c1-6-8(12)2-3-9(10(6)13)15-4-7-5-16-11(14)17-7/h2-3,5,15H,4H2,1H3. The smallest absolute Gasteiger partial charge is 0.183 e. The Balaban J connectivity index is 2.12. The van der Waals surface area contributed by atoms with Crippen LogP contribution in [0.4, 0.5) is 5.69 Å². The van der Waals surface area contributed by atoms with Crippen LogP contribution in [0.2, 0.25) is 9.49 Å². The van der Waals surface area contributed by atoms with E-state index in [2.05, 4.69) is 26.2 Å². The van der Waals surface area contributed by atoms with E-state index in [4.69, 9.17) is 23.2 Å². The van der Waals surface area contributed by atoms with Crippen LogP contribution in [0.15, 0.2) is 22.8 Å². The topological polar surface area (TPSA) is 24.9 Å². The van der Waals surface area contributed by atoms with E-state index in [0.717, 1.165) is 25.6 Å². The minimum atomic E-state index is 0.555. The molecule has 1 aromatic carbocycles. The Morgan fingerprint density at radius 3 is 2.82 bits per heavy atom. The lowest BCUT2D eigenvalue weighted by atomic mass is 10.2. The van der Waals surface area contributed by atoms with Crippen molar-refractivity contribution in [2.75, 3.05) is 5.32 Å². The number of nitrogens with one attached hydrogen (secondary N) is 1. The molecule has 2 aromatic rings. The fourth-order valence-corrected chi connectivity index (χ4v) is 2.94. The quantitative estimate of drug-likeness (QED) is 0.828. The number of thiazole rings is 1. The summed E-state index contributed by atoms with van der Waals surface area (Å²) in [6, 6.07) is 3.92. The molecule has 6 heteroatoms. The van der Waals surface area contributed by atoms with Crippen LogP contribution < -0.4 is 5.32 Å². The zero-order valence-corrected chi connectivity index (χ0v) is 12.8. The van der Waals surface area contributed by atoms with Crippen LogP contribution in [0.3, 0.4) is 0 Å². The average molecular weight is 352 g/mol. The van der Waals surface area contributed by atoms with Gasteiger partial charge in [-0.15, -0.1) is 11.3 Å². The lowest BCUT2D eigenvalue weighted by Crippen LogP contribution is -1.99. The predicted molar refractivity (Wildman–Crippen MR) is 78.3 cm³/mol. The molecule has 0 aliphatic rings. The highest BCUT2D eigenvalue weighted by atomic mass is 79.9. The SMILES string of the molecule is Cc1c(Br)ccc(NCc2cnc(Cl)s2)c1Cl. The number of benzene rings is 1. The van der Waals surface area contributed by atoms with Crippen LogP contribution in [0.5, 0.6) is 0 Å². The third kappa shape index (κ3) is 3.13. The van der Waals surface area contributed by atoms with Crippen molar-refractivity contribution in [1.29, 1.82) is 0 Å². The monoisotopic (exact) mass is 350 g/mol. The third-order valence-corrected chi connectivity index (χ3v) is 4.76. The van der Waals surface area contributed by atoms with Gasteiger partial charge in [-0.2, -0.15) is 0 Å². The summed E-state index contributed by atoms with van der Waals surface area (Å²) in [5, 5.41) is 4.00. The van der Waals surface area contributed by atoms with Gasteiger partial charge >= 0.3 is 0 Å². The zero-order chi connectivity index (χ0) is 12.4. The van der Waals surface area contributed by atoms with Gasteiger partial charge < -0.3 is 5.32 Å². The molecule has 1 heterocycles. The molecule has 2 rings (SSSR count). The first kappa shape index (κ1) is 13.1. The average Bonchev–Trinajstić information content (AvgIpc) is 2.71. The zero-order valence-electron chi connectivity index (χ0n) is 8.93. The maximum atomic E-state index is 6.24. The molecular formula is C11H9BrCl2N2S. The molecule has 17 heavy (non-hydrogen) atoms. The Morgan fingerprint density at radius 1 is 1.41 bits per heavy atom. The molecule has 0 saturated heterocycles. The van der Waals surface area contributed by atoms with Crippen LogP contribution >= 0.6 is 50.5 Å². The molecule has 1 aromatic heterocycles. The van der Waals surface area contributed by atoms with E-state index in [1.165, 1.54) is 11.3 Å². The highest BCUT2D eigenvalue weighted by molar-refractivity contribution is 9.10. The maximum absolute atomic E-state index is 6.24. The number of halogens is 3. The first-order valence-corrected chi connectivity index (χ1v) is 7.23. The summed E-state index contributed by atoms with van der Waals surface area (Å²) in [6.45, 7) is 2.65. The van der Waals surface area contributed by atoms with Gasteiger partial charge in [0, 0.05) is 15.5 Å². The number of nitrogens with zero attached hydrogens (tertiary/aromatic N) is 1. The molecule has 0 spiro atoms. The van der Waals surface area contributed by atoms with Gasteiger partial charge in [-0.25, -0.2) is 4.98 Å². The molecule has 0 radical (unpaired) electrons. The molecule has 0 aliphatic carbocycles. The van der Waals surface area contributed by atoms with Gasteiger partial charge in [0.05, 0.1) is 17.3 Å². The number of rotatable bonds is 3. The van der Waals surface area contributed by atoms with Gasteiger partial charge in [-0.05, 0) is 24.6 Å². The molecule has 0 amide bonds. The van der Waals surface area contributed by atoms with Crippen LogP contribution in [0, 0.1) is 6.92 Å². The fraction of sp³-hybridized carbons (Fsp3) is 0.182. The number of aromatic nitrogens is 1. The third-order valence-electron chi connectivity index (χ3n) is 2.30. The van der Waals surface area contributed by atoms with Gasteiger partial charge in [-0.1, -0.05) is 39.1 Å². The molecule has 0 saturated carbocycles. The maximum Gasteiger partial charge on any atom is 0.183 e. The summed E-state index contributed by atoms with van der Waals surface area (Å²) in [5.74, 6) is 0. The van der Waals surface area contributed by atoms with Gasteiger partial charge in [0.1, 0.15) is 0 Å². The van der Waals surface area contributed by atoms with Crippen molar-refractivity contribution in [2.24, 2.45) is 0 Å². The van der Waals surface area contributed by atoms with Crippen molar-refractivity contribution in [3.8, 4) is 0 Å². The van der Waals surface area contributed by atoms with Crippen molar-refractivity contribution in [3.05, 3.63) is 42.7 Å². The van der Waals surface area contributed by atoms with Crippen LogP contribution in [-0.2, 0) is 6.54 Å². The molecule has 0 atom stereocenters. The number of anilines is 1. The summed E-state index contributed by atoms with van der Waals surface area (Å²) in [5.41, 5.74) is 1.94.